The van der Waals surface area contributed by atoms with E-state index in [1.165, 1.54) is 6.07 Å². The molecule has 0 fully saturated rings. The lowest BCUT2D eigenvalue weighted by Crippen LogP contribution is -2.42. The molecule has 12 nitrogen and oxygen atoms in total. The molecule has 0 saturated carbocycles. The molecule has 49 heavy (non-hydrogen) atoms. The van der Waals surface area contributed by atoms with Crippen molar-refractivity contribution in [2.24, 2.45) is 10.7 Å². The molecule has 4 aromatic rings. The number of guanidine groups is 1. The quantitative estimate of drug-likeness (QED) is 0.0915. The highest BCUT2D eigenvalue weighted by Crippen LogP contribution is 2.42. The van der Waals surface area contributed by atoms with Crippen molar-refractivity contribution in [2.75, 3.05) is 6.54 Å². The Morgan fingerprint density at radius 1 is 1.04 bits per heavy atom. The van der Waals surface area contributed by atoms with E-state index in [0.717, 1.165) is 39.6 Å². The number of nitrogens with two attached hydrogens (primary N) is 1. The maximum absolute atomic E-state index is 13.5. The number of carboxylic acid groups (broad SMARTS) is 1. The van der Waals surface area contributed by atoms with E-state index in [4.69, 9.17) is 10.5 Å². The van der Waals surface area contributed by atoms with Gasteiger partial charge in [0, 0.05) is 12.2 Å². The average molecular weight is 688 g/mol. The minimum atomic E-state index is -4.10. The van der Waals surface area contributed by atoms with Crippen molar-refractivity contribution >= 4 is 38.6 Å². The second kappa shape index (κ2) is 13.7. The van der Waals surface area contributed by atoms with Crippen LogP contribution in [-0.2, 0) is 21.2 Å². The van der Waals surface area contributed by atoms with Crippen LogP contribution in [0.1, 0.15) is 65.7 Å². The van der Waals surface area contributed by atoms with E-state index >= 15 is 0 Å². The molecule has 0 bridgehead atoms. The number of carbonyl (C=O) groups is 2. The van der Waals surface area contributed by atoms with Crippen molar-refractivity contribution in [3.05, 3.63) is 92.8 Å². The number of aliphatic carboxylic acids is 1. The normalized spacial score (nSPS) is 14.8. The van der Waals surface area contributed by atoms with E-state index in [1.54, 1.807) is 19.9 Å². The lowest BCUT2D eigenvalue weighted by molar-refractivity contribution is -0.139. The second-order valence-corrected chi connectivity index (χ2v) is 14.5. The van der Waals surface area contributed by atoms with Crippen LogP contribution in [0.2, 0.25) is 0 Å². The SMILES string of the molecule is Cc1c(C)c(S(=O)(=O)NC(N)=NCCC[C@H](NC(=O)c2ccc(-c3ccc4ccccc4c3)[nH]c2=O)C(=O)O)c(C)c2c1OC(C)(C)CC2. The Kier molecular flexibility index (Phi) is 9.86. The Morgan fingerprint density at radius 2 is 1.76 bits per heavy atom. The van der Waals surface area contributed by atoms with Crippen LogP contribution in [0.25, 0.3) is 22.0 Å². The molecule has 258 valence electrons. The first kappa shape index (κ1) is 35.1. The summed E-state index contributed by atoms with van der Waals surface area (Å²) in [6.45, 7) is 9.30. The van der Waals surface area contributed by atoms with Gasteiger partial charge < -0.3 is 25.9 Å². The predicted octanol–water partition coefficient (Wildman–Crippen LogP) is 4.48. The van der Waals surface area contributed by atoms with Crippen LogP contribution in [0.5, 0.6) is 5.75 Å². The number of hydrogen-bond donors (Lipinski definition) is 5. The van der Waals surface area contributed by atoms with Crippen molar-refractivity contribution in [2.45, 2.75) is 76.8 Å². The summed E-state index contributed by atoms with van der Waals surface area (Å²) in [7, 11) is -4.10. The van der Waals surface area contributed by atoms with Gasteiger partial charge in [-0.1, -0.05) is 36.4 Å². The van der Waals surface area contributed by atoms with Crippen molar-refractivity contribution in [1.82, 2.24) is 15.0 Å². The number of carbonyl (C=O) groups excluding carboxylic acids is 1. The zero-order chi connectivity index (χ0) is 35.7. The Hall–Kier alpha value is -5.17. The van der Waals surface area contributed by atoms with Gasteiger partial charge in [-0.3, -0.25) is 14.6 Å². The summed E-state index contributed by atoms with van der Waals surface area (Å²) < 4.78 is 35.4. The first-order chi connectivity index (χ1) is 23.1. The predicted molar refractivity (Wildman–Crippen MR) is 189 cm³/mol. The van der Waals surface area contributed by atoms with Gasteiger partial charge in [0.15, 0.2) is 0 Å². The Morgan fingerprint density at radius 3 is 2.45 bits per heavy atom. The molecule has 1 amide bonds. The number of aromatic amines is 1. The van der Waals surface area contributed by atoms with E-state index in [-0.39, 0.29) is 41.4 Å². The number of sulfonamides is 1. The molecule has 13 heteroatoms. The van der Waals surface area contributed by atoms with E-state index < -0.39 is 33.5 Å². The first-order valence-corrected chi connectivity index (χ1v) is 17.5. The van der Waals surface area contributed by atoms with Crippen LogP contribution in [0, 0.1) is 20.8 Å². The third-order valence-corrected chi connectivity index (χ3v) is 10.6. The molecule has 0 unspecified atom stereocenters. The van der Waals surface area contributed by atoms with Crippen LogP contribution in [-0.4, -0.2) is 54.5 Å². The van der Waals surface area contributed by atoms with Crippen LogP contribution in [0.3, 0.4) is 0 Å². The summed E-state index contributed by atoms with van der Waals surface area (Å²) in [5, 5.41) is 14.2. The van der Waals surface area contributed by atoms with Gasteiger partial charge in [0.25, 0.3) is 21.5 Å². The molecule has 1 aromatic heterocycles. The number of ether oxygens (including phenoxy) is 1. The number of aromatic nitrogens is 1. The molecule has 3 aromatic carbocycles. The third-order valence-electron chi connectivity index (χ3n) is 8.93. The number of pyridine rings is 1. The Bertz CT molecular complexity index is 2160. The van der Waals surface area contributed by atoms with Crippen LogP contribution in [0.4, 0.5) is 0 Å². The van der Waals surface area contributed by atoms with Crippen LogP contribution in [0.15, 0.2) is 69.3 Å². The molecule has 1 aliphatic rings. The molecule has 2 heterocycles. The highest BCUT2D eigenvalue weighted by Gasteiger charge is 2.33. The number of amides is 1. The molecular formula is C36H41N5O7S. The zero-order valence-electron chi connectivity index (χ0n) is 28.1. The largest absolute Gasteiger partial charge is 0.487 e. The summed E-state index contributed by atoms with van der Waals surface area (Å²) in [6, 6.07) is 15.1. The minimum Gasteiger partial charge on any atom is -0.487 e. The van der Waals surface area contributed by atoms with Gasteiger partial charge >= 0.3 is 5.97 Å². The fourth-order valence-electron chi connectivity index (χ4n) is 6.14. The van der Waals surface area contributed by atoms with Gasteiger partial charge in [0.2, 0.25) is 5.96 Å². The number of benzene rings is 3. The molecule has 1 atom stereocenters. The number of carboxylic acids is 1. The maximum atomic E-state index is 13.5. The highest BCUT2D eigenvalue weighted by atomic mass is 32.2. The van der Waals surface area contributed by atoms with E-state index in [0.29, 0.717) is 23.2 Å². The van der Waals surface area contributed by atoms with E-state index in [2.05, 4.69) is 20.0 Å². The number of hydrogen-bond acceptors (Lipinski definition) is 7. The smallest absolute Gasteiger partial charge is 0.326 e. The fourth-order valence-corrected chi connectivity index (χ4v) is 7.66. The molecule has 0 aliphatic carbocycles. The summed E-state index contributed by atoms with van der Waals surface area (Å²) >= 11 is 0. The summed E-state index contributed by atoms with van der Waals surface area (Å²) in [5.74, 6) is -1.76. The molecule has 0 radical (unpaired) electrons. The van der Waals surface area contributed by atoms with Gasteiger partial charge in [0.1, 0.15) is 23.0 Å². The Balaban J connectivity index is 1.21. The van der Waals surface area contributed by atoms with E-state index in [9.17, 15) is 27.9 Å². The van der Waals surface area contributed by atoms with Crippen LogP contribution < -0.4 is 26.1 Å². The standard InChI is InChI=1S/C36H41N5O7S/c1-20-21(2)31(22(3)26-16-17-36(4,5)48-30(20)26)49(46,47)41-35(37)38-18-8-11-29(34(44)45)40-33(43)27-14-15-28(39-32(27)42)25-13-12-23-9-6-7-10-24(23)19-25/h6-7,9-10,12-15,19,29H,8,11,16-18H2,1-5H3,(H,39,42)(H,40,43)(H,44,45)(H3,37,38,41)/t29-/m0/s1. The number of aliphatic imine (C=N–C) groups is 1. The molecule has 1 aliphatic heterocycles. The number of nitrogens with zero attached hydrogens (tertiary/aromatic N) is 1. The minimum absolute atomic E-state index is 0.0147. The molecular weight excluding hydrogens is 646 g/mol. The maximum Gasteiger partial charge on any atom is 0.326 e. The zero-order valence-corrected chi connectivity index (χ0v) is 29.0. The average Bonchev–Trinajstić information content (AvgIpc) is 3.03. The Labute approximate surface area is 284 Å². The molecule has 0 saturated heterocycles. The van der Waals surface area contributed by atoms with Gasteiger partial charge in [-0.25, -0.2) is 17.9 Å². The number of H-pyrrole nitrogens is 1. The second-order valence-electron chi connectivity index (χ2n) is 12.9. The van der Waals surface area contributed by atoms with Gasteiger partial charge in [-0.15, -0.1) is 0 Å². The number of fused-ring (bicyclic) bond motifs is 2. The highest BCUT2D eigenvalue weighted by molar-refractivity contribution is 7.90. The summed E-state index contributed by atoms with van der Waals surface area (Å²) in [6.07, 6.45) is 1.52. The monoisotopic (exact) mass is 687 g/mol. The molecule has 0 spiro atoms. The van der Waals surface area contributed by atoms with Crippen molar-refractivity contribution in [3.8, 4) is 17.0 Å². The topological polar surface area (TPSA) is 193 Å². The third kappa shape index (κ3) is 7.62. The molecule has 5 rings (SSSR count). The summed E-state index contributed by atoms with van der Waals surface area (Å²) in [5.41, 5.74) is 8.72. The summed E-state index contributed by atoms with van der Waals surface area (Å²) in [4.78, 5) is 44.6. The van der Waals surface area contributed by atoms with Crippen molar-refractivity contribution in [3.63, 3.8) is 0 Å². The van der Waals surface area contributed by atoms with E-state index in [1.807, 2.05) is 63.2 Å². The fraction of sp³-hybridized carbons (Fsp3) is 0.333. The first-order valence-electron chi connectivity index (χ1n) is 16.0. The van der Waals surface area contributed by atoms with Crippen molar-refractivity contribution < 1.29 is 27.9 Å². The van der Waals surface area contributed by atoms with Crippen molar-refractivity contribution in [1.29, 1.82) is 0 Å². The van der Waals surface area contributed by atoms with Gasteiger partial charge in [-0.05, 0) is 117 Å². The van der Waals surface area contributed by atoms with Gasteiger partial charge in [0.05, 0.1) is 4.90 Å². The molecule has 6 N–H and O–H groups in total. The lowest BCUT2D eigenvalue weighted by Gasteiger charge is -2.35. The van der Waals surface area contributed by atoms with Gasteiger partial charge in [-0.2, -0.15) is 0 Å². The lowest BCUT2D eigenvalue weighted by atomic mass is 9.88. The van der Waals surface area contributed by atoms with Crippen LogP contribution >= 0.6 is 0 Å². The number of nitrogens with one attached hydrogen (secondary N) is 3. The number of rotatable bonds is 10.